The van der Waals surface area contributed by atoms with Crippen molar-refractivity contribution >= 4 is 17.4 Å². The van der Waals surface area contributed by atoms with E-state index in [0.29, 0.717) is 11.4 Å². The minimum absolute atomic E-state index is 0.180. The van der Waals surface area contributed by atoms with E-state index in [1.807, 2.05) is 0 Å². The second-order valence-electron chi connectivity index (χ2n) is 6.36. The van der Waals surface area contributed by atoms with Crippen LogP contribution in [0.15, 0.2) is 59.9 Å². The number of aryl methyl sites for hydroxylation is 1. The van der Waals surface area contributed by atoms with E-state index in [1.54, 1.807) is 37.3 Å². The van der Waals surface area contributed by atoms with Gasteiger partial charge in [-0.3, -0.25) is 0 Å². The van der Waals surface area contributed by atoms with Gasteiger partial charge in [0.05, 0.1) is 11.4 Å². The van der Waals surface area contributed by atoms with Gasteiger partial charge in [0.15, 0.2) is 0 Å². The average Bonchev–Trinajstić information content (AvgIpc) is 3.01. The van der Waals surface area contributed by atoms with E-state index in [4.69, 9.17) is 0 Å². The van der Waals surface area contributed by atoms with Crippen LogP contribution in [0.25, 0.3) is 0 Å². The molecule has 136 valence electrons. The van der Waals surface area contributed by atoms with Gasteiger partial charge in [0.1, 0.15) is 17.5 Å². The first-order valence-electron chi connectivity index (χ1n) is 8.06. The number of anilines is 2. The summed E-state index contributed by atoms with van der Waals surface area (Å²) in [7, 11) is 0. The Bertz CT molecular complexity index is 1020. The lowest BCUT2D eigenvalue weighted by molar-refractivity contribution is -0.184. The number of nitrogens with one attached hydrogen (secondary N) is 2. The molecule has 2 aliphatic heterocycles. The van der Waals surface area contributed by atoms with Gasteiger partial charge in [-0.1, -0.05) is 42.0 Å². The molecule has 5 nitrogen and oxygen atoms in total. The molecule has 2 aromatic carbocycles. The summed E-state index contributed by atoms with van der Waals surface area (Å²) in [5, 5.41) is 14.6. The van der Waals surface area contributed by atoms with Gasteiger partial charge < -0.3 is 10.6 Å². The molecule has 0 fully saturated rings. The number of carbonyl (C=O) groups is 1. The van der Waals surface area contributed by atoms with Crippen molar-refractivity contribution in [2.24, 2.45) is 0 Å². The Labute approximate surface area is 152 Å². The maximum Gasteiger partial charge on any atom is 0.421 e. The van der Waals surface area contributed by atoms with Crippen molar-refractivity contribution in [1.29, 1.82) is 5.26 Å². The molecule has 0 aromatic heterocycles. The van der Waals surface area contributed by atoms with Crippen LogP contribution in [0.5, 0.6) is 0 Å². The molecular formula is C19H13F3N4O. The molecule has 2 aromatic rings. The smallest absolute Gasteiger partial charge is 0.339 e. The van der Waals surface area contributed by atoms with Gasteiger partial charge in [0, 0.05) is 0 Å². The van der Waals surface area contributed by atoms with Gasteiger partial charge in [-0.2, -0.15) is 18.4 Å². The normalized spacial score (nSPS) is 21.1. The maximum absolute atomic E-state index is 14.3. The molecule has 2 N–H and O–H groups in total. The monoisotopic (exact) mass is 370 g/mol. The van der Waals surface area contributed by atoms with E-state index < -0.39 is 23.3 Å². The van der Waals surface area contributed by atoms with E-state index in [2.05, 4.69) is 10.6 Å². The number of rotatable bonds is 1. The molecule has 8 heteroatoms. The van der Waals surface area contributed by atoms with Gasteiger partial charge in [0.25, 0.3) is 0 Å². The molecule has 0 saturated heterocycles. The fourth-order valence-electron chi connectivity index (χ4n) is 3.45. The minimum atomic E-state index is -4.93. The summed E-state index contributed by atoms with van der Waals surface area (Å²) in [5.74, 6) is -0.180. The largest absolute Gasteiger partial charge is 0.421 e. The molecule has 4 rings (SSSR count). The Kier molecular flexibility index (Phi) is 3.46. The van der Waals surface area contributed by atoms with Crippen LogP contribution in [0.4, 0.5) is 29.3 Å². The Hall–Kier alpha value is -3.47. The average molecular weight is 370 g/mol. The molecule has 1 unspecified atom stereocenters. The summed E-state index contributed by atoms with van der Waals surface area (Å²) in [5.41, 5.74) is -2.18. The fourth-order valence-corrected chi connectivity index (χ4v) is 3.45. The lowest BCUT2D eigenvalue weighted by Gasteiger charge is -2.42. The molecule has 2 heterocycles. The minimum Gasteiger partial charge on any atom is -0.339 e. The van der Waals surface area contributed by atoms with E-state index in [0.717, 1.165) is 10.5 Å². The third kappa shape index (κ3) is 2.21. The zero-order chi connectivity index (χ0) is 19.4. The van der Waals surface area contributed by atoms with E-state index in [1.165, 1.54) is 24.3 Å². The standard InChI is InChI=1S/C19H13F3N4O/c1-11-6-8-12(9-7-11)18(19(20,21)22)13(10-23)16-24-14-4-2-3-5-15(14)26(16)17(27)25-18/h2-9,24H,1H3,(H,25,27). The molecule has 1 atom stereocenters. The summed E-state index contributed by atoms with van der Waals surface area (Å²) >= 11 is 0. The summed E-state index contributed by atoms with van der Waals surface area (Å²) in [6.07, 6.45) is -4.93. The number of nitrogens with zero attached hydrogens (tertiary/aromatic N) is 2. The first-order chi connectivity index (χ1) is 12.8. The SMILES string of the molecule is Cc1ccc(C2(C(F)(F)F)NC(=O)N3C(=C2C#N)Nc2ccccc23)cc1. The third-order valence-corrected chi connectivity index (χ3v) is 4.75. The topological polar surface area (TPSA) is 68.2 Å². The van der Waals surface area contributed by atoms with Crippen LogP contribution in [0, 0.1) is 18.3 Å². The van der Waals surface area contributed by atoms with Gasteiger partial charge in [-0.15, -0.1) is 0 Å². The number of halogens is 3. The van der Waals surface area contributed by atoms with Crippen molar-refractivity contribution in [3.63, 3.8) is 0 Å². The van der Waals surface area contributed by atoms with Crippen LogP contribution < -0.4 is 15.5 Å². The highest BCUT2D eigenvalue weighted by atomic mass is 19.4. The van der Waals surface area contributed by atoms with Crippen LogP contribution >= 0.6 is 0 Å². The third-order valence-electron chi connectivity index (χ3n) is 4.75. The van der Waals surface area contributed by atoms with Gasteiger partial charge in [-0.25, -0.2) is 9.69 Å². The van der Waals surface area contributed by atoms with E-state index in [-0.39, 0.29) is 11.4 Å². The number of hydrogen-bond donors (Lipinski definition) is 2. The van der Waals surface area contributed by atoms with E-state index in [9.17, 15) is 23.2 Å². The van der Waals surface area contributed by atoms with Gasteiger partial charge >= 0.3 is 12.2 Å². The molecule has 0 bridgehead atoms. The Morgan fingerprint density at radius 1 is 1.11 bits per heavy atom. The summed E-state index contributed by atoms with van der Waals surface area (Å²) < 4.78 is 43.0. The van der Waals surface area contributed by atoms with Gasteiger partial charge in [-0.05, 0) is 24.6 Å². The van der Waals surface area contributed by atoms with Crippen LogP contribution in [-0.2, 0) is 5.54 Å². The Morgan fingerprint density at radius 3 is 2.41 bits per heavy atom. The van der Waals surface area contributed by atoms with Crippen LogP contribution in [0.2, 0.25) is 0 Å². The number of urea groups is 1. The summed E-state index contributed by atoms with van der Waals surface area (Å²) in [6.45, 7) is 1.74. The molecule has 0 radical (unpaired) electrons. The number of amides is 2. The van der Waals surface area contributed by atoms with Crippen LogP contribution in [0.1, 0.15) is 11.1 Å². The molecule has 2 aliphatic rings. The van der Waals surface area contributed by atoms with Crippen molar-refractivity contribution in [2.75, 3.05) is 10.2 Å². The maximum atomic E-state index is 14.3. The second-order valence-corrected chi connectivity index (χ2v) is 6.36. The number of nitriles is 1. The Morgan fingerprint density at radius 2 is 1.78 bits per heavy atom. The van der Waals surface area contributed by atoms with Crippen molar-refractivity contribution in [3.05, 3.63) is 71.1 Å². The van der Waals surface area contributed by atoms with Crippen molar-refractivity contribution < 1.29 is 18.0 Å². The first kappa shape index (κ1) is 17.0. The molecule has 2 amide bonds. The highest BCUT2D eigenvalue weighted by Crippen LogP contribution is 2.50. The Balaban J connectivity index is 2.03. The quantitative estimate of drug-likeness (QED) is 0.793. The zero-order valence-electron chi connectivity index (χ0n) is 14.1. The lowest BCUT2D eigenvalue weighted by Crippen LogP contribution is -2.63. The number of carbonyl (C=O) groups excluding carboxylic acids is 1. The number of alkyl halides is 3. The summed E-state index contributed by atoms with van der Waals surface area (Å²) in [6, 6.07) is 12.9. The van der Waals surface area contributed by atoms with Crippen molar-refractivity contribution in [3.8, 4) is 6.07 Å². The predicted octanol–water partition coefficient (Wildman–Crippen LogP) is 4.14. The fraction of sp³-hybridized carbons (Fsp3) is 0.158. The van der Waals surface area contributed by atoms with Crippen LogP contribution in [-0.4, -0.2) is 12.2 Å². The molecule has 0 spiro atoms. The van der Waals surface area contributed by atoms with Crippen molar-refractivity contribution in [2.45, 2.75) is 18.6 Å². The predicted molar refractivity (Wildman–Crippen MR) is 92.6 cm³/mol. The molecule has 27 heavy (non-hydrogen) atoms. The zero-order valence-corrected chi connectivity index (χ0v) is 14.1. The second kappa shape index (κ2) is 5.51. The first-order valence-corrected chi connectivity index (χ1v) is 8.06. The molecule has 0 saturated carbocycles. The highest BCUT2D eigenvalue weighted by Gasteiger charge is 2.64. The highest BCUT2D eigenvalue weighted by molar-refractivity contribution is 6.05. The molecule has 0 aliphatic carbocycles. The van der Waals surface area contributed by atoms with Crippen LogP contribution in [0.3, 0.4) is 0 Å². The number of benzene rings is 2. The number of fused-ring (bicyclic) bond motifs is 3. The number of para-hydroxylation sites is 2. The van der Waals surface area contributed by atoms with Gasteiger partial charge in [0.2, 0.25) is 5.54 Å². The summed E-state index contributed by atoms with van der Waals surface area (Å²) in [4.78, 5) is 13.8. The lowest BCUT2D eigenvalue weighted by atomic mass is 9.80. The van der Waals surface area contributed by atoms with E-state index >= 15 is 0 Å². The number of hydrogen-bond acceptors (Lipinski definition) is 3. The molecular weight excluding hydrogens is 357 g/mol. The van der Waals surface area contributed by atoms with Crippen molar-refractivity contribution in [1.82, 2.24) is 5.32 Å².